The molecule has 9 nitrogen and oxygen atoms in total. The van der Waals surface area contributed by atoms with Crippen molar-refractivity contribution in [1.29, 1.82) is 0 Å². The van der Waals surface area contributed by atoms with E-state index < -0.39 is 43.2 Å². The van der Waals surface area contributed by atoms with Crippen LogP contribution in [0.15, 0.2) is 53.7 Å². The van der Waals surface area contributed by atoms with Crippen molar-refractivity contribution in [1.82, 2.24) is 15.0 Å². The Morgan fingerprint density at radius 3 is 2.59 bits per heavy atom. The average Bonchev–Trinajstić information content (AvgIpc) is 3.39. The molecule has 0 unspecified atom stereocenters. The van der Waals surface area contributed by atoms with Crippen molar-refractivity contribution in [2.45, 2.75) is 42.2 Å². The zero-order valence-electron chi connectivity index (χ0n) is 21.0. The van der Waals surface area contributed by atoms with E-state index in [0.717, 1.165) is 35.7 Å². The molecule has 0 spiro atoms. The molecule has 15 heteroatoms. The van der Waals surface area contributed by atoms with Gasteiger partial charge in [-0.15, -0.1) is 11.3 Å². The van der Waals surface area contributed by atoms with Gasteiger partial charge < -0.3 is 15.5 Å². The number of aryl methyl sites for hydroxylation is 2. The predicted molar refractivity (Wildman–Crippen MR) is 140 cm³/mol. The van der Waals surface area contributed by atoms with Gasteiger partial charge in [-0.1, -0.05) is 0 Å². The van der Waals surface area contributed by atoms with Crippen LogP contribution in [0.2, 0.25) is 0 Å². The number of sulfone groups is 1. The van der Waals surface area contributed by atoms with Crippen LogP contribution < -0.4 is 5.32 Å². The number of pyridine rings is 2. The van der Waals surface area contributed by atoms with E-state index in [4.69, 9.17) is 0 Å². The second-order valence-electron chi connectivity index (χ2n) is 9.40. The molecule has 0 fully saturated rings. The van der Waals surface area contributed by atoms with Crippen LogP contribution in [0.4, 0.5) is 29.2 Å². The number of hydrogen-bond acceptors (Lipinski definition) is 9. The minimum absolute atomic E-state index is 0.161. The van der Waals surface area contributed by atoms with Crippen LogP contribution in [0.1, 0.15) is 44.9 Å². The Labute approximate surface area is 234 Å². The summed E-state index contributed by atoms with van der Waals surface area (Å²) in [5.74, 6) is -2.39. The molecule has 5 rings (SSSR count). The molecule has 3 heterocycles. The fourth-order valence-electron chi connectivity index (χ4n) is 4.62. The maximum Gasteiger partial charge on any atom is 0.501 e. The van der Waals surface area contributed by atoms with Crippen molar-refractivity contribution in [3.8, 4) is 10.6 Å². The normalized spacial score (nSPS) is 17.2. The Kier molecular flexibility index (Phi) is 7.07. The van der Waals surface area contributed by atoms with E-state index >= 15 is 0 Å². The third kappa shape index (κ3) is 5.27. The molecule has 0 radical (unpaired) electrons. The number of benzene rings is 1. The van der Waals surface area contributed by atoms with E-state index in [9.17, 15) is 41.0 Å². The number of thiazole rings is 1. The van der Waals surface area contributed by atoms with Crippen molar-refractivity contribution >= 4 is 38.8 Å². The average molecular weight is 609 g/mol. The summed E-state index contributed by atoms with van der Waals surface area (Å²) in [6.45, 7) is 1.74. The topological polar surface area (TPSA) is 142 Å². The van der Waals surface area contributed by atoms with Gasteiger partial charge in [-0.25, -0.2) is 32.6 Å². The van der Waals surface area contributed by atoms with Crippen LogP contribution in [0.5, 0.6) is 0 Å². The predicted octanol–water partition coefficient (Wildman–Crippen LogP) is 5.36. The highest BCUT2D eigenvalue weighted by atomic mass is 32.2. The number of carboxylic acids is 1. The number of fused-ring (bicyclic) bond motifs is 1. The molecule has 0 aliphatic heterocycles. The van der Waals surface area contributed by atoms with Crippen molar-refractivity contribution in [2.24, 2.45) is 0 Å². The molecule has 1 aliphatic rings. The van der Waals surface area contributed by atoms with Gasteiger partial charge >= 0.3 is 11.5 Å². The number of alkyl halides is 3. The number of carbonyl (C=O) groups is 1. The molecule has 1 aliphatic carbocycles. The van der Waals surface area contributed by atoms with Crippen molar-refractivity contribution in [3.05, 3.63) is 81.9 Å². The summed E-state index contributed by atoms with van der Waals surface area (Å²) in [6, 6.07) is 7.04. The summed E-state index contributed by atoms with van der Waals surface area (Å²) in [5.41, 5.74) is -5.78. The van der Waals surface area contributed by atoms with E-state index in [1.807, 2.05) is 0 Å². The Bertz CT molecular complexity index is 1790. The summed E-state index contributed by atoms with van der Waals surface area (Å²) in [6.07, 6.45) is 3.60. The van der Waals surface area contributed by atoms with Crippen molar-refractivity contribution < 1.29 is 41.0 Å². The van der Waals surface area contributed by atoms with Gasteiger partial charge in [-0.2, -0.15) is 13.2 Å². The molecule has 1 atom stereocenters. The van der Waals surface area contributed by atoms with Crippen LogP contribution in [-0.4, -0.2) is 45.1 Å². The maximum atomic E-state index is 14.6. The van der Waals surface area contributed by atoms with Crippen LogP contribution in [-0.2, 0) is 21.9 Å². The van der Waals surface area contributed by atoms with Gasteiger partial charge in [0, 0.05) is 12.4 Å². The smallest absolute Gasteiger partial charge is 0.478 e. The lowest BCUT2D eigenvalue weighted by Gasteiger charge is -2.33. The van der Waals surface area contributed by atoms with Crippen molar-refractivity contribution in [3.63, 3.8) is 0 Å². The number of hydrogen-bond donors (Lipinski definition) is 3. The third-order valence-electron chi connectivity index (χ3n) is 6.54. The molecular formula is C26H20F4N4O5S2. The maximum absolute atomic E-state index is 14.6. The highest BCUT2D eigenvalue weighted by Crippen LogP contribution is 2.44. The van der Waals surface area contributed by atoms with Gasteiger partial charge in [0.2, 0.25) is 0 Å². The van der Waals surface area contributed by atoms with Crippen LogP contribution in [0.3, 0.4) is 0 Å². The molecule has 3 N–H and O–H groups in total. The molecule has 214 valence electrons. The molecule has 4 aromatic rings. The molecule has 1 aromatic carbocycles. The fraction of sp³-hybridized carbons (Fsp3) is 0.231. The molecule has 0 saturated carbocycles. The fourth-order valence-corrected chi connectivity index (χ4v) is 6.40. The van der Waals surface area contributed by atoms with E-state index in [1.165, 1.54) is 12.3 Å². The molecule has 0 saturated heterocycles. The SMILES string of the molecule is Cc1cc(Nc2cc(S(=O)(=O)C(F)(F)F)ccn2)nc(-c2cnc([C@]3(O)CCCc4cc(C(=O)O)c(F)cc43)s2)c1. The number of carboxylic acid groups (broad SMARTS) is 1. The van der Waals surface area contributed by atoms with E-state index in [1.54, 1.807) is 19.1 Å². The Balaban J connectivity index is 1.47. The van der Waals surface area contributed by atoms with Gasteiger partial charge in [0.1, 0.15) is 28.1 Å². The van der Waals surface area contributed by atoms with Crippen LogP contribution >= 0.6 is 11.3 Å². The summed E-state index contributed by atoms with van der Waals surface area (Å²) in [7, 11) is -5.58. The number of rotatable bonds is 6. The number of nitrogens with zero attached hydrogens (tertiary/aromatic N) is 3. The summed E-state index contributed by atoms with van der Waals surface area (Å²) < 4.78 is 77.1. The number of aromatic nitrogens is 3. The highest BCUT2D eigenvalue weighted by molar-refractivity contribution is 7.92. The second kappa shape index (κ2) is 10.2. The molecule has 41 heavy (non-hydrogen) atoms. The van der Waals surface area contributed by atoms with Crippen LogP contribution in [0, 0.1) is 12.7 Å². The standard InChI is InChI=1S/C26H20F4N4O5S2/c1-13-7-19(33-22(8-13)34-21-10-15(4-6-31-21)41(38,39)26(28,29)30)20-12-32-24(40-20)25(37)5-2-3-14-9-16(23(35)36)18(27)11-17(14)25/h4,6-12,37H,2-3,5H2,1H3,(H,35,36)(H,31,33,34)/t25-/m0/s1. The minimum atomic E-state index is -5.58. The molecule has 3 aromatic heterocycles. The van der Waals surface area contributed by atoms with E-state index in [-0.39, 0.29) is 28.6 Å². The van der Waals surface area contributed by atoms with Gasteiger partial charge in [-0.05, 0) is 79.3 Å². The van der Waals surface area contributed by atoms with E-state index in [2.05, 4.69) is 20.3 Å². The highest BCUT2D eigenvalue weighted by Gasteiger charge is 2.47. The monoisotopic (exact) mass is 608 g/mol. The Morgan fingerprint density at radius 2 is 1.88 bits per heavy atom. The number of anilines is 2. The van der Waals surface area contributed by atoms with Crippen LogP contribution in [0.25, 0.3) is 10.6 Å². The van der Waals surface area contributed by atoms with E-state index in [0.29, 0.717) is 34.5 Å². The summed E-state index contributed by atoms with van der Waals surface area (Å²) >= 11 is 1.09. The first kappa shape index (κ1) is 28.6. The van der Waals surface area contributed by atoms with Gasteiger partial charge in [0.25, 0.3) is 9.84 Å². The lowest BCUT2D eigenvalue weighted by Crippen LogP contribution is -2.32. The minimum Gasteiger partial charge on any atom is -0.478 e. The molecule has 0 amide bonds. The largest absolute Gasteiger partial charge is 0.501 e. The first-order valence-corrected chi connectivity index (χ1v) is 14.3. The zero-order valence-corrected chi connectivity index (χ0v) is 22.7. The Morgan fingerprint density at radius 1 is 1.12 bits per heavy atom. The second-order valence-corrected chi connectivity index (χ2v) is 12.4. The zero-order chi connectivity index (χ0) is 29.7. The summed E-state index contributed by atoms with van der Waals surface area (Å²) in [4.78, 5) is 23.6. The third-order valence-corrected chi connectivity index (χ3v) is 9.19. The molecular weight excluding hydrogens is 588 g/mol. The van der Waals surface area contributed by atoms with Gasteiger partial charge in [0.15, 0.2) is 0 Å². The lowest BCUT2D eigenvalue weighted by atomic mass is 9.78. The first-order chi connectivity index (χ1) is 19.2. The van der Waals surface area contributed by atoms with Gasteiger partial charge in [0.05, 0.1) is 21.0 Å². The number of nitrogens with one attached hydrogen (secondary N) is 1. The Hall–Kier alpha value is -3.95. The number of halogens is 4. The summed E-state index contributed by atoms with van der Waals surface area (Å²) in [5, 5.41) is 23.9. The first-order valence-electron chi connectivity index (χ1n) is 12.0. The van der Waals surface area contributed by atoms with Crippen molar-refractivity contribution in [2.75, 3.05) is 5.32 Å². The lowest BCUT2D eigenvalue weighted by molar-refractivity contribution is -0.0436. The quantitative estimate of drug-likeness (QED) is 0.247. The van der Waals surface area contributed by atoms with Gasteiger partial charge in [-0.3, -0.25) is 0 Å². The number of aliphatic hydroxyl groups is 1. The number of aromatic carboxylic acids is 1. The molecule has 0 bridgehead atoms.